The van der Waals surface area contributed by atoms with Crippen LogP contribution in [0.4, 0.5) is 8.78 Å². The third kappa shape index (κ3) is 12.8. The van der Waals surface area contributed by atoms with Gasteiger partial charge in [-0.2, -0.15) is 0 Å². The lowest BCUT2D eigenvalue weighted by molar-refractivity contribution is -0.267. The van der Waals surface area contributed by atoms with Crippen molar-refractivity contribution in [2.45, 2.75) is 116 Å². The molecule has 4 aromatic carbocycles. The Hall–Kier alpha value is -8.25. The molecule has 0 radical (unpaired) electrons. The second-order valence-electron chi connectivity index (χ2n) is 18.1. The lowest BCUT2D eigenvalue weighted by atomic mass is 9.89. The Bertz CT molecular complexity index is 3510. The number of rotatable bonds is 16. The molecule has 0 N–H and O–H groups in total. The Labute approximate surface area is 486 Å². The molecule has 2 unspecified atom stereocenters. The first kappa shape index (κ1) is 49.6. The molecule has 6 aromatic rings. The van der Waals surface area contributed by atoms with Crippen LogP contribution >= 0.6 is 23.2 Å². The van der Waals surface area contributed by atoms with Crippen LogP contribution in [-0.4, -0.2) is 125 Å². The molecule has 0 saturated carbocycles. The van der Waals surface area contributed by atoms with E-state index in [0.717, 1.165) is 36.4 Å². The number of hydrogen-bond acceptors (Lipinski definition) is 19. The second kappa shape index (κ2) is 24.9. The van der Waals surface area contributed by atoms with Crippen molar-refractivity contribution < 1.29 is 110 Å². The molecule has 0 bridgehead atoms. The normalized spacial score (nSPS) is 23.6. The first-order valence-electron chi connectivity index (χ1n) is 29.7. The zero-order valence-corrected chi connectivity index (χ0v) is 44.1. The van der Waals surface area contributed by atoms with Gasteiger partial charge in [-0.25, -0.2) is 8.78 Å². The molecule has 2 fully saturated rings. The lowest BCUT2D eigenvalue weighted by Crippen LogP contribution is -2.60. The summed E-state index contributed by atoms with van der Waals surface area (Å²) < 4.78 is 153. The van der Waals surface area contributed by atoms with Gasteiger partial charge >= 0.3 is 47.8 Å². The molecule has 8 rings (SSSR count). The summed E-state index contributed by atoms with van der Waals surface area (Å²) in [7, 11) is 0. The fourth-order valence-electron chi connectivity index (χ4n) is 9.96. The van der Waals surface area contributed by atoms with Crippen molar-refractivity contribution in [3.8, 4) is 22.3 Å². The van der Waals surface area contributed by atoms with Crippen LogP contribution in [-0.2, 0) is 85.7 Å². The van der Waals surface area contributed by atoms with E-state index in [1.165, 1.54) is 57.9 Å². The maximum atomic E-state index is 16.1. The summed E-state index contributed by atoms with van der Waals surface area (Å²) in [6, 6.07) is 14.6. The average Bonchev–Trinajstić information content (AvgIpc) is 1.54. The van der Waals surface area contributed by atoms with Gasteiger partial charge in [0.25, 0.3) is 0 Å². The van der Waals surface area contributed by atoms with Gasteiger partial charge < -0.3 is 56.5 Å². The zero-order valence-electron chi connectivity index (χ0n) is 50.6. The number of halogens is 4. The monoisotopic (exact) mass is 1180 g/mol. The maximum Gasteiger partial charge on any atom is 0.303 e. The molecule has 432 valence electrons. The Morgan fingerprint density at radius 3 is 1.16 bits per heavy atom. The van der Waals surface area contributed by atoms with Gasteiger partial charge in [-0.05, 0) is 71.8 Å². The summed E-state index contributed by atoms with van der Waals surface area (Å²) in [6.45, 7) is -9.62. The van der Waals surface area contributed by atoms with Crippen LogP contribution in [0, 0.1) is 11.6 Å². The molecule has 2 aromatic heterocycles. The van der Waals surface area contributed by atoms with E-state index in [-0.39, 0.29) is 65.2 Å². The van der Waals surface area contributed by atoms with Gasteiger partial charge in [0.2, 0.25) is 0 Å². The van der Waals surface area contributed by atoms with Crippen molar-refractivity contribution in [2.75, 3.05) is 13.2 Å². The molecule has 0 amide bonds. The first-order chi connectivity index (χ1) is 43.1. The molecule has 2 aliphatic heterocycles. The fraction of sp³-hybridized carbons (Fsp3) is 0.351. The Morgan fingerprint density at radius 2 is 0.805 bits per heavy atom. The molecule has 2 saturated heterocycles. The van der Waals surface area contributed by atoms with Crippen molar-refractivity contribution in [1.82, 2.24) is 9.13 Å². The van der Waals surface area contributed by atoms with E-state index in [1.54, 1.807) is 0 Å². The summed E-state index contributed by atoms with van der Waals surface area (Å²) in [5.74, 6) is -12.5. The first-order valence-corrected chi connectivity index (χ1v) is 24.7. The smallest absolute Gasteiger partial charge is 0.303 e. The van der Waals surface area contributed by atoms with E-state index in [2.05, 4.69) is 0 Å². The second-order valence-corrected chi connectivity index (χ2v) is 18.9. The summed E-state index contributed by atoms with van der Waals surface area (Å²) in [4.78, 5) is 119. The predicted molar refractivity (Wildman–Crippen MR) is 283 cm³/mol. The summed E-state index contributed by atoms with van der Waals surface area (Å²) >= 11 is 14.0. The summed E-state index contributed by atoms with van der Waals surface area (Å²) in [6.07, 6.45) is -15.9. The Balaban J connectivity index is 1.32. The molecule has 10 atom stereocenters. The fourth-order valence-corrected chi connectivity index (χ4v) is 10.5. The van der Waals surface area contributed by atoms with Crippen molar-refractivity contribution in [3.63, 3.8) is 0 Å². The van der Waals surface area contributed by atoms with Crippen LogP contribution in [0.25, 0.3) is 44.1 Å². The SMILES string of the molecule is [2H]CC(=O)OC[C@H]1OC(n2cc(-c3cc(F)ccc3C(=O)c3ccc(F)cc3-c3cn(C4O[C@H](COC(=O)C[2H])[C@@H](OC(=O)C[2H])[C@H](OC(=O)C[2H])[C@H]4OC(=O)C[2H])c4cccc(Cl)c34)c3c(Cl)cccc32)[C@H](OC(=O)C[2H])[C@@H](OC(=O)C[2H])[C@@H]1OC(=O)C[2H]. The van der Waals surface area contributed by atoms with Crippen LogP contribution in [0.5, 0.6) is 0 Å². The lowest BCUT2D eigenvalue weighted by Gasteiger charge is -2.44. The minimum atomic E-state index is -1.95. The highest BCUT2D eigenvalue weighted by molar-refractivity contribution is 6.37. The molecule has 0 aliphatic carbocycles. The highest BCUT2D eigenvalue weighted by Crippen LogP contribution is 2.46. The molecule has 0 spiro atoms. The van der Waals surface area contributed by atoms with Crippen molar-refractivity contribution in [2.24, 2.45) is 0 Å². The van der Waals surface area contributed by atoms with E-state index >= 15 is 13.6 Å². The number of benzene rings is 4. The van der Waals surface area contributed by atoms with Gasteiger partial charge in [0, 0.05) is 112 Å². The zero-order chi connectivity index (χ0) is 65.2. The van der Waals surface area contributed by atoms with Gasteiger partial charge in [0.1, 0.15) is 37.1 Å². The van der Waals surface area contributed by atoms with Gasteiger partial charge in [0.15, 0.2) is 54.9 Å². The number of hydrogen-bond donors (Lipinski definition) is 0. The van der Waals surface area contributed by atoms with E-state index in [0.29, 0.717) is 0 Å². The number of esters is 8. The molecule has 4 heterocycles. The number of ether oxygens (including phenoxy) is 10. The highest BCUT2D eigenvalue weighted by Gasteiger charge is 2.55. The van der Waals surface area contributed by atoms with Crippen molar-refractivity contribution in [3.05, 3.63) is 118 Å². The maximum absolute atomic E-state index is 16.1. The number of fused-ring (bicyclic) bond motifs is 2. The molecule has 21 nitrogen and oxygen atoms in total. The number of carbonyl (C=O) groups is 9. The third-order valence-corrected chi connectivity index (χ3v) is 13.5. The number of nitrogens with zero attached hydrogens (tertiary/aromatic N) is 2. The van der Waals surface area contributed by atoms with Gasteiger partial charge in [0.05, 0.1) is 21.1 Å². The third-order valence-electron chi connectivity index (χ3n) is 12.8. The molecule has 82 heavy (non-hydrogen) atoms. The minimum Gasteiger partial charge on any atom is -0.463 e. The quantitative estimate of drug-likeness (QED) is 0.0502. The Morgan fingerprint density at radius 1 is 0.463 bits per heavy atom. The van der Waals surface area contributed by atoms with E-state index in [1.807, 2.05) is 0 Å². The molecular formula is C57H52Cl2F2N2O19. The van der Waals surface area contributed by atoms with Crippen LogP contribution < -0.4 is 0 Å². The number of carbonyl (C=O) groups excluding carboxylic acids is 9. The van der Waals surface area contributed by atoms with E-state index in [4.69, 9.17) is 81.5 Å². The van der Waals surface area contributed by atoms with Gasteiger partial charge in [-0.15, -0.1) is 0 Å². The van der Waals surface area contributed by atoms with Crippen LogP contribution in [0.2, 0.25) is 10.0 Å². The topological polar surface area (TPSA) is 256 Å². The van der Waals surface area contributed by atoms with Crippen molar-refractivity contribution >= 4 is 98.5 Å². The molecule has 25 heteroatoms. The standard InChI is InChI=1S/C57H52Cl2F2N2O19/c1-25(64)73-23-45-50(75-27(3)66)52(77-29(5)68)54(79-31(7)70)56(81-45)62-21-39(47-41(58)11-9-13-43(47)62)37-19-33(60)15-17-35(37)49(72)36-18-16-34(61)20-38(36)40-22-63(44-14-10-12-42(59)48(40)44)57-55(80-32(8)71)53(78-30(6)69)51(76-28(4)67)46(82-57)24-74-26(2)65/h9-22,45-46,50-57H,23-24H2,1-8H3/t45-,46-,50-,51-,52+,53+,54-,55-,56?,57?/m1/s1/i1D,2D,3D,4D,5D,6D,7D,8D. The van der Waals surface area contributed by atoms with Gasteiger partial charge in [-0.3, -0.25) is 43.2 Å². The van der Waals surface area contributed by atoms with E-state index in [9.17, 15) is 38.4 Å². The number of aromatic nitrogens is 2. The summed E-state index contributed by atoms with van der Waals surface area (Å²) in [5, 5.41) is -0.0244. The van der Waals surface area contributed by atoms with Gasteiger partial charge in [-0.1, -0.05) is 35.3 Å². The largest absolute Gasteiger partial charge is 0.463 e. The van der Waals surface area contributed by atoms with Crippen LogP contribution in [0.15, 0.2) is 85.2 Å². The summed E-state index contributed by atoms with van der Waals surface area (Å²) in [5.41, 5.74) is -1.06. The van der Waals surface area contributed by atoms with E-state index < -0.39 is 195 Å². The minimum absolute atomic E-state index is 0.0473. The molecule has 2 aliphatic rings. The van der Waals surface area contributed by atoms with Crippen LogP contribution in [0.3, 0.4) is 0 Å². The Kier molecular flexibility index (Phi) is 15.0. The predicted octanol–water partition coefficient (Wildman–Crippen LogP) is 8.26. The number of ketones is 1. The van der Waals surface area contributed by atoms with Crippen molar-refractivity contribution in [1.29, 1.82) is 0 Å². The highest BCUT2D eigenvalue weighted by atomic mass is 35.5. The molecular weight excluding hydrogens is 1130 g/mol. The average molecular weight is 1190 g/mol. The van der Waals surface area contributed by atoms with Crippen LogP contribution in [0.1, 0.15) is 94.5 Å².